The van der Waals surface area contributed by atoms with E-state index in [1.807, 2.05) is 37.3 Å². The lowest BCUT2D eigenvalue weighted by Gasteiger charge is -2.30. The van der Waals surface area contributed by atoms with Crippen molar-refractivity contribution in [3.8, 4) is 0 Å². The van der Waals surface area contributed by atoms with Gasteiger partial charge in [0.25, 0.3) is 0 Å². The minimum atomic E-state index is -0.946. The predicted octanol–water partition coefficient (Wildman–Crippen LogP) is 6.72. The third-order valence-corrected chi connectivity index (χ3v) is 7.16. The number of aromatic carboxylic acids is 1. The normalized spacial score (nSPS) is 16.9. The lowest BCUT2D eigenvalue weighted by atomic mass is 9.94. The summed E-state index contributed by atoms with van der Waals surface area (Å²) in [5.74, 6) is -1.36. The number of nitrogens with one attached hydrogen (secondary N) is 1. The maximum atomic E-state index is 13.7. The number of hydrogen-bond donors (Lipinski definition) is 2. The van der Waals surface area contributed by atoms with Crippen molar-refractivity contribution >= 4 is 17.7 Å². The minimum absolute atomic E-state index is 0.0118. The first kappa shape index (κ1) is 29.2. The number of carboxylic acids is 1. The van der Waals surface area contributed by atoms with Crippen LogP contribution >= 0.6 is 0 Å². The first-order chi connectivity index (χ1) is 19.3. The van der Waals surface area contributed by atoms with Crippen molar-refractivity contribution in [2.45, 2.75) is 64.9 Å². The third kappa shape index (κ3) is 8.37. The van der Waals surface area contributed by atoms with Gasteiger partial charge in [-0.25, -0.2) is 14.0 Å². The second kappa shape index (κ2) is 14.1. The zero-order chi connectivity index (χ0) is 28.5. The highest BCUT2D eigenvalue weighted by atomic mass is 19.1. The number of urea groups is 1. The smallest absolute Gasteiger partial charge is 0.336 e. The van der Waals surface area contributed by atoms with Gasteiger partial charge in [0.2, 0.25) is 0 Å². The van der Waals surface area contributed by atoms with Gasteiger partial charge in [-0.15, -0.1) is 0 Å². The summed E-state index contributed by atoms with van der Waals surface area (Å²) in [5.41, 5.74) is 4.19. The summed E-state index contributed by atoms with van der Waals surface area (Å²) in [6, 6.07) is 18.9. The maximum absolute atomic E-state index is 13.7. The first-order valence-corrected chi connectivity index (χ1v) is 13.7. The van der Waals surface area contributed by atoms with Crippen LogP contribution in [-0.2, 0) is 22.6 Å². The average molecular weight is 549 g/mol. The number of halogens is 1. The van der Waals surface area contributed by atoms with Crippen LogP contribution in [-0.4, -0.2) is 47.4 Å². The minimum Gasteiger partial charge on any atom is -0.478 e. The van der Waals surface area contributed by atoms with Crippen molar-refractivity contribution in [1.29, 1.82) is 0 Å². The Bertz CT molecular complexity index is 1310. The van der Waals surface area contributed by atoms with Crippen LogP contribution in [0, 0.1) is 19.7 Å². The molecule has 1 fully saturated rings. The maximum Gasteiger partial charge on any atom is 0.336 e. The number of aryl methyl sites for hydroxylation is 2. The molecule has 0 radical (unpaired) electrons. The standard InChI is InChI=1S/C32H37FN2O5/c1-22-7-3-9-24(17-22)20-35(32(38)34-27-12-5-11-26(33)18-27)15-16-39-28-13-6-14-29(19-28)40-21-25-10-4-8-23(2)30(25)31(36)37/h3-5,7-12,17-18,28-29H,6,13-16,19-21H2,1-2H3,(H,34,38)(H,36,37). The first-order valence-electron chi connectivity index (χ1n) is 13.7. The number of ether oxygens (including phenoxy) is 2. The Morgan fingerprint density at radius 1 is 1.00 bits per heavy atom. The van der Waals surface area contributed by atoms with E-state index >= 15 is 0 Å². The Morgan fingerprint density at radius 2 is 1.75 bits per heavy atom. The summed E-state index contributed by atoms with van der Waals surface area (Å²) >= 11 is 0. The molecule has 1 aliphatic rings. The Balaban J connectivity index is 1.32. The zero-order valence-corrected chi connectivity index (χ0v) is 23.1. The van der Waals surface area contributed by atoms with Crippen LogP contribution in [0.15, 0.2) is 66.7 Å². The van der Waals surface area contributed by atoms with Crippen molar-refractivity contribution in [2.75, 3.05) is 18.5 Å². The largest absolute Gasteiger partial charge is 0.478 e. The molecule has 0 heterocycles. The fraction of sp³-hybridized carbons (Fsp3) is 0.375. The van der Waals surface area contributed by atoms with Gasteiger partial charge in [0.15, 0.2) is 0 Å². The molecule has 4 rings (SSSR count). The van der Waals surface area contributed by atoms with Gasteiger partial charge in [-0.1, -0.05) is 54.1 Å². The molecule has 2 atom stereocenters. The van der Waals surface area contributed by atoms with Crippen LogP contribution in [0.2, 0.25) is 0 Å². The Morgan fingerprint density at radius 3 is 2.50 bits per heavy atom. The molecule has 0 saturated heterocycles. The molecule has 7 nitrogen and oxygen atoms in total. The van der Waals surface area contributed by atoms with Gasteiger partial charge in [0.05, 0.1) is 31.0 Å². The summed E-state index contributed by atoms with van der Waals surface area (Å²) in [6.07, 6.45) is 3.41. The Kier molecular flexibility index (Phi) is 10.3. The van der Waals surface area contributed by atoms with Crippen LogP contribution in [0.25, 0.3) is 0 Å². The van der Waals surface area contributed by atoms with E-state index in [9.17, 15) is 19.1 Å². The second-order valence-electron chi connectivity index (χ2n) is 10.4. The summed E-state index contributed by atoms with van der Waals surface area (Å²) in [5, 5.41) is 12.4. The molecule has 3 aromatic rings. The predicted molar refractivity (Wildman–Crippen MR) is 152 cm³/mol. The Hall–Kier alpha value is -3.75. The van der Waals surface area contributed by atoms with Crippen molar-refractivity contribution in [3.63, 3.8) is 0 Å². The highest BCUT2D eigenvalue weighted by molar-refractivity contribution is 5.91. The third-order valence-electron chi connectivity index (χ3n) is 7.16. The summed E-state index contributed by atoms with van der Waals surface area (Å²) in [4.78, 5) is 26.5. The van der Waals surface area contributed by atoms with Crippen LogP contribution in [0.1, 0.15) is 58.3 Å². The fourth-order valence-corrected chi connectivity index (χ4v) is 5.15. The highest BCUT2D eigenvalue weighted by Gasteiger charge is 2.25. The molecule has 2 unspecified atom stereocenters. The van der Waals surface area contributed by atoms with E-state index in [0.717, 1.165) is 36.0 Å². The molecule has 2 N–H and O–H groups in total. The van der Waals surface area contributed by atoms with Crippen molar-refractivity contribution in [3.05, 3.63) is 100 Å². The number of carbonyl (C=O) groups excluding carboxylic acids is 1. The molecule has 1 aliphatic carbocycles. The van der Waals surface area contributed by atoms with E-state index in [4.69, 9.17) is 9.47 Å². The van der Waals surface area contributed by atoms with Gasteiger partial charge >= 0.3 is 12.0 Å². The van der Waals surface area contributed by atoms with Gasteiger partial charge in [0.1, 0.15) is 5.82 Å². The van der Waals surface area contributed by atoms with E-state index in [-0.39, 0.29) is 24.8 Å². The van der Waals surface area contributed by atoms with Crippen LogP contribution in [0.5, 0.6) is 0 Å². The molecule has 0 aliphatic heterocycles. The van der Waals surface area contributed by atoms with E-state index in [1.165, 1.54) is 12.1 Å². The van der Waals surface area contributed by atoms with E-state index in [0.29, 0.717) is 42.9 Å². The zero-order valence-electron chi connectivity index (χ0n) is 23.1. The lowest BCUT2D eigenvalue weighted by Crippen LogP contribution is -2.38. The summed E-state index contributed by atoms with van der Waals surface area (Å²) < 4.78 is 26.0. The molecule has 8 heteroatoms. The Labute approximate surface area is 234 Å². The molecule has 212 valence electrons. The van der Waals surface area contributed by atoms with Crippen molar-refractivity contribution in [1.82, 2.24) is 4.90 Å². The molecule has 0 spiro atoms. The molecule has 0 aromatic heterocycles. The number of amides is 2. The van der Waals surface area contributed by atoms with E-state index in [1.54, 1.807) is 36.1 Å². The molecular formula is C32H37FN2O5. The number of anilines is 1. The molecular weight excluding hydrogens is 511 g/mol. The average Bonchev–Trinajstić information content (AvgIpc) is 2.91. The van der Waals surface area contributed by atoms with Crippen LogP contribution in [0.3, 0.4) is 0 Å². The molecule has 2 amide bonds. The fourth-order valence-electron chi connectivity index (χ4n) is 5.15. The highest BCUT2D eigenvalue weighted by Crippen LogP contribution is 2.26. The van der Waals surface area contributed by atoms with Crippen molar-refractivity contribution in [2.24, 2.45) is 0 Å². The lowest BCUT2D eigenvalue weighted by molar-refractivity contribution is -0.0524. The number of nitrogens with zero attached hydrogens (tertiary/aromatic N) is 1. The van der Waals surface area contributed by atoms with E-state index < -0.39 is 11.8 Å². The second-order valence-corrected chi connectivity index (χ2v) is 10.4. The number of carboxylic acid groups (broad SMARTS) is 1. The van der Waals surface area contributed by atoms with Crippen molar-refractivity contribution < 1.29 is 28.6 Å². The monoisotopic (exact) mass is 548 g/mol. The topological polar surface area (TPSA) is 88.1 Å². The summed E-state index contributed by atoms with van der Waals surface area (Å²) in [7, 11) is 0. The quantitative estimate of drug-likeness (QED) is 0.278. The van der Waals surface area contributed by atoms with Gasteiger partial charge < -0.3 is 24.8 Å². The summed E-state index contributed by atoms with van der Waals surface area (Å²) in [6.45, 7) is 5.14. The number of carbonyl (C=O) groups is 2. The van der Waals surface area contributed by atoms with Gasteiger partial charge in [-0.2, -0.15) is 0 Å². The molecule has 1 saturated carbocycles. The molecule has 3 aromatic carbocycles. The van der Waals surface area contributed by atoms with E-state index in [2.05, 4.69) is 5.32 Å². The van der Waals surface area contributed by atoms with Gasteiger partial charge in [-0.05, 0) is 74.4 Å². The van der Waals surface area contributed by atoms with Gasteiger partial charge in [0, 0.05) is 18.8 Å². The van der Waals surface area contributed by atoms with Gasteiger partial charge in [-0.3, -0.25) is 0 Å². The SMILES string of the molecule is Cc1cccc(CN(CCOC2CCCC(OCc3cccc(C)c3C(=O)O)C2)C(=O)Nc2cccc(F)c2)c1. The number of hydrogen-bond acceptors (Lipinski definition) is 4. The van der Waals surface area contributed by atoms with Crippen LogP contribution in [0.4, 0.5) is 14.9 Å². The molecule has 40 heavy (non-hydrogen) atoms. The number of benzene rings is 3. The number of rotatable bonds is 11. The molecule has 0 bridgehead atoms. The van der Waals surface area contributed by atoms with Crippen LogP contribution < -0.4 is 5.32 Å².